The predicted octanol–water partition coefficient (Wildman–Crippen LogP) is 1.93. The van der Waals surface area contributed by atoms with Gasteiger partial charge in [-0.15, -0.1) is 5.10 Å². The van der Waals surface area contributed by atoms with Crippen LogP contribution in [0.2, 0.25) is 0 Å². The van der Waals surface area contributed by atoms with E-state index in [9.17, 15) is 9.90 Å². The second-order valence-electron chi connectivity index (χ2n) is 5.82. The molecule has 0 spiro atoms. The van der Waals surface area contributed by atoms with Gasteiger partial charge in [-0.05, 0) is 49.2 Å². The van der Waals surface area contributed by atoms with Gasteiger partial charge < -0.3 is 19.4 Å². The van der Waals surface area contributed by atoms with Crippen LogP contribution in [0.3, 0.4) is 0 Å². The Morgan fingerprint density at radius 2 is 1.81 bits per heavy atom. The fourth-order valence-corrected chi connectivity index (χ4v) is 2.79. The number of carboxylic acid groups (broad SMARTS) is 1. The molecular weight excluding hydrogens is 334 g/mol. The average Bonchev–Trinajstić information content (AvgIpc) is 3.13. The van der Waals surface area contributed by atoms with Crippen LogP contribution in [-0.2, 0) is 0 Å². The van der Waals surface area contributed by atoms with E-state index in [2.05, 4.69) is 10.3 Å². The molecule has 0 saturated heterocycles. The molecule has 26 heavy (non-hydrogen) atoms. The SMILES string of the molecule is COc1ccc(-c2cnnn2-c2cc(C)c(C)c(OC)c2)cc1C(=O)[O-]. The number of hydrogen-bond donors (Lipinski definition) is 0. The lowest BCUT2D eigenvalue weighted by Crippen LogP contribution is -2.23. The zero-order valence-electron chi connectivity index (χ0n) is 14.9. The molecule has 0 radical (unpaired) electrons. The third-order valence-electron chi connectivity index (χ3n) is 4.33. The first-order chi connectivity index (χ1) is 12.5. The summed E-state index contributed by atoms with van der Waals surface area (Å²) >= 11 is 0. The zero-order chi connectivity index (χ0) is 18.8. The van der Waals surface area contributed by atoms with Gasteiger partial charge in [0.15, 0.2) is 0 Å². The summed E-state index contributed by atoms with van der Waals surface area (Å²) in [6.45, 7) is 3.97. The van der Waals surface area contributed by atoms with Crippen molar-refractivity contribution in [2.75, 3.05) is 14.2 Å². The molecule has 7 heteroatoms. The molecule has 1 heterocycles. The van der Waals surface area contributed by atoms with Crippen molar-refractivity contribution in [1.29, 1.82) is 0 Å². The summed E-state index contributed by atoms with van der Waals surface area (Å²) in [5.74, 6) is -0.331. The van der Waals surface area contributed by atoms with Gasteiger partial charge in [0.2, 0.25) is 0 Å². The molecule has 0 saturated carbocycles. The second kappa shape index (κ2) is 6.87. The van der Waals surface area contributed by atoms with E-state index in [0.717, 1.165) is 22.6 Å². The summed E-state index contributed by atoms with van der Waals surface area (Å²) < 4.78 is 12.1. The van der Waals surface area contributed by atoms with Crippen LogP contribution in [0.25, 0.3) is 16.9 Å². The average molecular weight is 352 g/mol. The van der Waals surface area contributed by atoms with Gasteiger partial charge >= 0.3 is 0 Å². The summed E-state index contributed by atoms with van der Waals surface area (Å²) in [6, 6.07) is 8.65. The number of carboxylic acids is 1. The topological polar surface area (TPSA) is 89.3 Å². The third kappa shape index (κ3) is 2.99. The number of hydrogen-bond acceptors (Lipinski definition) is 6. The van der Waals surface area contributed by atoms with Crippen LogP contribution in [0.15, 0.2) is 36.5 Å². The summed E-state index contributed by atoms with van der Waals surface area (Å²) in [4.78, 5) is 11.4. The number of carbonyl (C=O) groups is 1. The lowest BCUT2D eigenvalue weighted by Gasteiger charge is -2.14. The number of rotatable bonds is 5. The van der Waals surface area contributed by atoms with Gasteiger partial charge in [-0.2, -0.15) is 0 Å². The lowest BCUT2D eigenvalue weighted by molar-refractivity contribution is -0.255. The number of methoxy groups -OCH3 is 2. The number of nitrogens with zero attached hydrogens (tertiary/aromatic N) is 3. The maximum Gasteiger partial charge on any atom is 0.127 e. The second-order valence-corrected chi connectivity index (χ2v) is 5.82. The minimum atomic E-state index is -1.31. The molecule has 0 aliphatic rings. The fourth-order valence-electron chi connectivity index (χ4n) is 2.79. The van der Waals surface area contributed by atoms with Gasteiger partial charge in [-0.1, -0.05) is 5.21 Å². The van der Waals surface area contributed by atoms with E-state index in [0.29, 0.717) is 11.3 Å². The van der Waals surface area contributed by atoms with Crippen LogP contribution in [0, 0.1) is 13.8 Å². The van der Waals surface area contributed by atoms with E-state index in [1.165, 1.54) is 13.2 Å². The van der Waals surface area contributed by atoms with E-state index in [4.69, 9.17) is 9.47 Å². The molecule has 0 aliphatic heterocycles. The number of aryl methyl sites for hydroxylation is 1. The Morgan fingerprint density at radius 3 is 2.46 bits per heavy atom. The number of aromatic carboxylic acids is 1. The van der Waals surface area contributed by atoms with Crippen molar-refractivity contribution < 1.29 is 19.4 Å². The molecule has 1 aromatic heterocycles. The van der Waals surface area contributed by atoms with Gasteiger partial charge in [-0.25, -0.2) is 4.68 Å². The fraction of sp³-hybridized carbons (Fsp3) is 0.211. The quantitative estimate of drug-likeness (QED) is 0.697. The Bertz CT molecular complexity index is 979. The number of aromatic nitrogens is 3. The van der Waals surface area contributed by atoms with Crippen molar-refractivity contribution in [2.45, 2.75) is 13.8 Å². The third-order valence-corrected chi connectivity index (χ3v) is 4.33. The van der Waals surface area contributed by atoms with E-state index in [1.54, 1.807) is 30.1 Å². The van der Waals surface area contributed by atoms with Gasteiger partial charge in [0.05, 0.1) is 37.8 Å². The maximum absolute atomic E-state index is 11.4. The van der Waals surface area contributed by atoms with Crippen LogP contribution in [0.5, 0.6) is 11.5 Å². The molecule has 0 atom stereocenters. The van der Waals surface area contributed by atoms with Crippen molar-refractivity contribution in [1.82, 2.24) is 15.0 Å². The monoisotopic (exact) mass is 352 g/mol. The van der Waals surface area contributed by atoms with Crippen LogP contribution >= 0.6 is 0 Å². The van der Waals surface area contributed by atoms with E-state index in [-0.39, 0.29) is 11.3 Å². The molecule has 134 valence electrons. The summed E-state index contributed by atoms with van der Waals surface area (Å²) in [6.07, 6.45) is 1.57. The normalized spacial score (nSPS) is 10.6. The lowest BCUT2D eigenvalue weighted by atomic mass is 10.1. The van der Waals surface area contributed by atoms with E-state index >= 15 is 0 Å². The van der Waals surface area contributed by atoms with E-state index in [1.807, 2.05) is 26.0 Å². The molecular formula is C19H18N3O4-. The Balaban J connectivity index is 2.15. The minimum absolute atomic E-state index is 0.0320. The van der Waals surface area contributed by atoms with Crippen LogP contribution < -0.4 is 14.6 Å². The van der Waals surface area contributed by atoms with Crippen molar-refractivity contribution >= 4 is 5.97 Å². The van der Waals surface area contributed by atoms with Crippen molar-refractivity contribution in [3.05, 3.63) is 53.2 Å². The van der Waals surface area contributed by atoms with Crippen LogP contribution in [0.4, 0.5) is 0 Å². The molecule has 0 fully saturated rings. The molecule has 0 amide bonds. The summed E-state index contributed by atoms with van der Waals surface area (Å²) in [7, 11) is 3.03. The molecule has 0 N–H and O–H groups in total. The Labute approximate surface area is 150 Å². The largest absolute Gasteiger partial charge is 0.545 e. The molecule has 0 bridgehead atoms. The van der Waals surface area contributed by atoms with Gasteiger partial charge in [-0.3, -0.25) is 0 Å². The molecule has 7 nitrogen and oxygen atoms in total. The maximum atomic E-state index is 11.4. The summed E-state index contributed by atoms with van der Waals surface area (Å²) in [5, 5.41) is 19.5. The Morgan fingerprint density at radius 1 is 1.08 bits per heavy atom. The highest BCUT2D eigenvalue weighted by Gasteiger charge is 2.14. The van der Waals surface area contributed by atoms with Crippen LogP contribution in [-0.4, -0.2) is 35.2 Å². The zero-order valence-corrected chi connectivity index (χ0v) is 14.9. The van der Waals surface area contributed by atoms with Crippen molar-refractivity contribution in [2.24, 2.45) is 0 Å². The Hall–Kier alpha value is -3.35. The first-order valence-electron chi connectivity index (χ1n) is 7.92. The molecule has 2 aromatic carbocycles. The Kier molecular flexibility index (Phi) is 4.62. The standard InChI is InChI=1S/C19H19N3O4/c1-11-7-14(9-18(26-4)12(11)2)22-16(10-20-21-22)13-5-6-17(25-3)15(8-13)19(23)24/h5-10H,1-4H3,(H,23,24)/p-1. The van der Waals surface area contributed by atoms with Crippen LogP contribution in [0.1, 0.15) is 21.5 Å². The highest BCUT2D eigenvalue weighted by molar-refractivity contribution is 5.91. The van der Waals surface area contributed by atoms with Crippen molar-refractivity contribution in [3.63, 3.8) is 0 Å². The highest BCUT2D eigenvalue weighted by atomic mass is 16.5. The highest BCUT2D eigenvalue weighted by Crippen LogP contribution is 2.30. The van der Waals surface area contributed by atoms with Gasteiger partial charge in [0, 0.05) is 17.2 Å². The molecule has 3 aromatic rings. The molecule has 0 aliphatic carbocycles. The molecule has 0 unspecified atom stereocenters. The van der Waals surface area contributed by atoms with Crippen molar-refractivity contribution in [3.8, 4) is 28.4 Å². The molecule has 3 rings (SSSR count). The summed E-state index contributed by atoms with van der Waals surface area (Å²) in [5.41, 5.74) is 4.10. The van der Waals surface area contributed by atoms with Gasteiger partial charge in [0.25, 0.3) is 0 Å². The first kappa shape index (κ1) is 17.5. The van der Waals surface area contributed by atoms with E-state index < -0.39 is 5.97 Å². The predicted molar refractivity (Wildman–Crippen MR) is 93.7 cm³/mol. The number of benzene rings is 2. The number of carbonyl (C=O) groups excluding carboxylic acids is 1. The number of ether oxygens (including phenoxy) is 2. The smallest absolute Gasteiger partial charge is 0.127 e. The van der Waals surface area contributed by atoms with Gasteiger partial charge in [0.1, 0.15) is 11.5 Å². The first-order valence-corrected chi connectivity index (χ1v) is 7.92. The minimum Gasteiger partial charge on any atom is -0.545 e.